The van der Waals surface area contributed by atoms with Crippen molar-refractivity contribution < 1.29 is 9.90 Å². The summed E-state index contributed by atoms with van der Waals surface area (Å²) in [5, 5.41) is 17.2. The molecule has 5 heteroatoms. The van der Waals surface area contributed by atoms with E-state index in [0.29, 0.717) is 5.92 Å². The summed E-state index contributed by atoms with van der Waals surface area (Å²) in [5.74, 6) is -0.147. The van der Waals surface area contributed by atoms with Gasteiger partial charge in [-0.1, -0.05) is 23.8 Å². The summed E-state index contributed by atoms with van der Waals surface area (Å²) in [7, 11) is 0. The molecule has 1 aromatic heterocycles. The molecular formula is C13H15N3O2. The van der Waals surface area contributed by atoms with Gasteiger partial charge in [0.05, 0.1) is 11.9 Å². The van der Waals surface area contributed by atoms with E-state index in [4.69, 9.17) is 5.11 Å². The van der Waals surface area contributed by atoms with Crippen molar-refractivity contribution in [2.75, 3.05) is 0 Å². The molecule has 0 radical (unpaired) electrons. The van der Waals surface area contributed by atoms with Crippen molar-refractivity contribution in [3.05, 3.63) is 23.8 Å². The molecule has 0 spiro atoms. The molecule has 1 aromatic carbocycles. The van der Waals surface area contributed by atoms with E-state index in [1.807, 2.05) is 22.9 Å². The lowest BCUT2D eigenvalue weighted by Crippen LogP contribution is -2.19. The number of carboxylic acid groups (broad SMARTS) is 1. The lowest BCUT2D eigenvalue weighted by molar-refractivity contribution is -0.136. The molecule has 0 bridgehead atoms. The Kier molecular flexibility index (Phi) is 2.74. The quantitative estimate of drug-likeness (QED) is 0.892. The van der Waals surface area contributed by atoms with Crippen molar-refractivity contribution in [1.82, 2.24) is 15.0 Å². The minimum absolute atomic E-state index is 0.0232. The van der Waals surface area contributed by atoms with Crippen molar-refractivity contribution in [2.24, 2.45) is 5.92 Å². The van der Waals surface area contributed by atoms with Crippen LogP contribution in [-0.4, -0.2) is 26.1 Å². The van der Waals surface area contributed by atoms with Gasteiger partial charge >= 0.3 is 5.97 Å². The van der Waals surface area contributed by atoms with E-state index in [1.165, 1.54) is 19.3 Å². The van der Waals surface area contributed by atoms with Crippen molar-refractivity contribution in [2.45, 2.75) is 32.2 Å². The fourth-order valence-electron chi connectivity index (χ4n) is 2.46. The van der Waals surface area contributed by atoms with Crippen LogP contribution in [0.4, 0.5) is 0 Å². The first-order valence-corrected chi connectivity index (χ1v) is 6.27. The Labute approximate surface area is 104 Å². The van der Waals surface area contributed by atoms with E-state index in [0.717, 1.165) is 23.1 Å². The first kappa shape index (κ1) is 11.2. The van der Waals surface area contributed by atoms with E-state index in [9.17, 15) is 4.79 Å². The monoisotopic (exact) mass is 245 g/mol. The number of para-hydroxylation sites is 1. The van der Waals surface area contributed by atoms with Crippen molar-refractivity contribution in [3.63, 3.8) is 0 Å². The van der Waals surface area contributed by atoms with Gasteiger partial charge in [-0.3, -0.25) is 4.79 Å². The number of carbonyl (C=O) groups is 1. The van der Waals surface area contributed by atoms with Gasteiger partial charge in [0.2, 0.25) is 0 Å². The third-order valence-corrected chi connectivity index (χ3v) is 3.61. The second-order valence-corrected chi connectivity index (χ2v) is 4.92. The van der Waals surface area contributed by atoms with Crippen LogP contribution in [0.3, 0.4) is 0 Å². The molecule has 1 aliphatic carbocycles. The van der Waals surface area contributed by atoms with Crippen LogP contribution in [0.5, 0.6) is 0 Å². The van der Waals surface area contributed by atoms with Crippen LogP contribution in [0.2, 0.25) is 0 Å². The van der Waals surface area contributed by atoms with Gasteiger partial charge in [-0.25, -0.2) is 4.68 Å². The largest absolute Gasteiger partial charge is 0.481 e. The molecule has 94 valence electrons. The van der Waals surface area contributed by atoms with E-state index in [-0.39, 0.29) is 6.42 Å². The number of fused-ring (bicyclic) bond motifs is 1. The zero-order valence-electron chi connectivity index (χ0n) is 10.0. The number of aliphatic carboxylic acids is 1. The van der Waals surface area contributed by atoms with Gasteiger partial charge in [0, 0.05) is 6.54 Å². The molecule has 0 amide bonds. The van der Waals surface area contributed by atoms with Crippen LogP contribution in [0.25, 0.3) is 11.0 Å². The molecule has 0 saturated heterocycles. The second-order valence-electron chi connectivity index (χ2n) is 4.92. The number of nitrogens with zero attached hydrogens (tertiary/aromatic N) is 3. The van der Waals surface area contributed by atoms with Crippen LogP contribution in [0.1, 0.15) is 24.8 Å². The van der Waals surface area contributed by atoms with Gasteiger partial charge in [-0.05, 0) is 30.4 Å². The molecule has 0 aliphatic heterocycles. The Balaban J connectivity index is 1.99. The molecule has 1 heterocycles. The van der Waals surface area contributed by atoms with Gasteiger partial charge in [-0.15, -0.1) is 5.10 Å². The van der Waals surface area contributed by atoms with E-state index < -0.39 is 5.97 Å². The number of rotatable bonds is 4. The van der Waals surface area contributed by atoms with E-state index in [2.05, 4.69) is 10.3 Å². The van der Waals surface area contributed by atoms with Gasteiger partial charge in [0.15, 0.2) is 0 Å². The normalized spacial score (nSPS) is 15.8. The number of carboxylic acids is 1. The molecule has 0 unspecified atom stereocenters. The maximum atomic E-state index is 10.9. The molecule has 2 aromatic rings. The molecule has 0 atom stereocenters. The predicted octanol–water partition coefficient (Wildman–Crippen LogP) is 1.86. The molecule has 18 heavy (non-hydrogen) atoms. The second kappa shape index (κ2) is 4.40. The standard InChI is InChI=1S/C13H15N3O2/c17-12(18)7-10-5-2-6-11-13(10)16(15-14-11)8-9-3-1-4-9/h2,5-6,9H,1,3-4,7-8H2,(H,17,18). The van der Waals surface area contributed by atoms with Gasteiger partial charge in [-0.2, -0.15) is 0 Å². The van der Waals surface area contributed by atoms with E-state index in [1.54, 1.807) is 0 Å². The Hall–Kier alpha value is -1.91. The highest BCUT2D eigenvalue weighted by atomic mass is 16.4. The van der Waals surface area contributed by atoms with Gasteiger partial charge in [0.1, 0.15) is 5.52 Å². The fraction of sp³-hybridized carbons (Fsp3) is 0.462. The van der Waals surface area contributed by atoms with Crippen LogP contribution in [-0.2, 0) is 17.8 Å². The minimum atomic E-state index is -0.820. The van der Waals surface area contributed by atoms with Crippen molar-refractivity contribution in [1.29, 1.82) is 0 Å². The molecule has 1 N–H and O–H groups in total. The maximum Gasteiger partial charge on any atom is 0.307 e. The number of hydrogen-bond acceptors (Lipinski definition) is 3. The molecule has 1 aliphatic rings. The highest BCUT2D eigenvalue weighted by molar-refractivity contribution is 5.83. The van der Waals surface area contributed by atoms with Crippen molar-refractivity contribution >= 4 is 17.0 Å². The zero-order chi connectivity index (χ0) is 12.5. The summed E-state index contributed by atoms with van der Waals surface area (Å²) >= 11 is 0. The minimum Gasteiger partial charge on any atom is -0.481 e. The Morgan fingerprint density at radius 3 is 2.94 bits per heavy atom. The first-order chi connectivity index (χ1) is 8.74. The lowest BCUT2D eigenvalue weighted by atomic mass is 9.85. The summed E-state index contributed by atoms with van der Waals surface area (Å²) in [4.78, 5) is 10.9. The highest BCUT2D eigenvalue weighted by Crippen LogP contribution is 2.29. The molecular weight excluding hydrogens is 230 g/mol. The van der Waals surface area contributed by atoms with Crippen LogP contribution < -0.4 is 0 Å². The first-order valence-electron chi connectivity index (χ1n) is 6.27. The maximum absolute atomic E-state index is 10.9. The molecule has 1 fully saturated rings. The summed E-state index contributed by atoms with van der Waals surface area (Å²) in [6, 6.07) is 5.56. The average molecular weight is 245 g/mol. The molecule has 1 saturated carbocycles. The summed E-state index contributed by atoms with van der Waals surface area (Å²) in [5.41, 5.74) is 2.46. The van der Waals surface area contributed by atoms with Crippen LogP contribution >= 0.6 is 0 Å². The number of hydrogen-bond donors (Lipinski definition) is 1. The van der Waals surface area contributed by atoms with Gasteiger partial charge < -0.3 is 5.11 Å². The SMILES string of the molecule is O=C(O)Cc1cccc2nnn(CC3CCC3)c12. The molecule has 5 nitrogen and oxygen atoms in total. The van der Waals surface area contributed by atoms with Crippen LogP contribution in [0, 0.1) is 5.92 Å². The summed E-state index contributed by atoms with van der Waals surface area (Å²) < 4.78 is 1.87. The third-order valence-electron chi connectivity index (χ3n) is 3.61. The number of benzene rings is 1. The zero-order valence-corrected chi connectivity index (χ0v) is 10.0. The van der Waals surface area contributed by atoms with Crippen molar-refractivity contribution in [3.8, 4) is 0 Å². The smallest absolute Gasteiger partial charge is 0.307 e. The Bertz CT molecular complexity index is 587. The third kappa shape index (κ3) is 1.96. The topological polar surface area (TPSA) is 68.0 Å². The number of aromatic nitrogens is 3. The summed E-state index contributed by atoms with van der Waals surface area (Å²) in [6.07, 6.45) is 3.79. The average Bonchev–Trinajstić information content (AvgIpc) is 2.67. The Morgan fingerprint density at radius 2 is 2.28 bits per heavy atom. The van der Waals surface area contributed by atoms with Crippen LogP contribution in [0.15, 0.2) is 18.2 Å². The predicted molar refractivity (Wildman–Crippen MR) is 66.2 cm³/mol. The summed E-state index contributed by atoms with van der Waals surface area (Å²) in [6.45, 7) is 0.854. The Morgan fingerprint density at radius 1 is 1.44 bits per heavy atom. The molecule has 3 rings (SSSR count). The lowest BCUT2D eigenvalue weighted by Gasteiger charge is -2.25. The van der Waals surface area contributed by atoms with E-state index >= 15 is 0 Å². The highest BCUT2D eigenvalue weighted by Gasteiger charge is 2.20. The van der Waals surface area contributed by atoms with Gasteiger partial charge in [0.25, 0.3) is 0 Å². The fourth-order valence-corrected chi connectivity index (χ4v) is 2.46.